The van der Waals surface area contributed by atoms with Crippen LogP contribution in [0.1, 0.15) is 19.3 Å². The van der Waals surface area contributed by atoms with Crippen molar-refractivity contribution in [3.63, 3.8) is 0 Å². The van der Waals surface area contributed by atoms with Gasteiger partial charge >= 0.3 is 0 Å². The van der Waals surface area contributed by atoms with E-state index in [-0.39, 0.29) is 5.41 Å². The van der Waals surface area contributed by atoms with E-state index in [1.54, 1.807) is 0 Å². The molecular formula is C10H19BrN2O3S. The average Bonchev–Trinajstić information content (AvgIpc) is 3.09. The molecule has 0 aromatic carbocycles. The Hall–Kier alpha value is 0.310. The molecule has 0 unspecified atom stereocenters. The summed E-state index contributed by atoms with van der Waals surface area (Å²) in [5.74, 6) is 0. The number of hydrogen-bond donors (Lipinski definition) is 1. The molecule has 1 aliphatic heterocycles. The molecule has 1 saturated carbocycles. The lowest BCUT2D eigenvalue weighted by atomic mass is 10.1. The second-order valence-electron chi connectivity index (χ2n) is 4.78. The standard InChI is InChI=1S/C10H19BrN2O3S/c11-4-3-10(1-2-10)9-12-17(14,15)13-5-7-16-8-6-13/h12H,1-9H2. The third kappa shape index (κ3) is 3.64. The number of nitrogens with zero attached hydrogens (tertiary/aromatic N) is 1. The van der Waals surface area contributed by atoms with Crippen LogP contribution < -0.4 is 4.72 Å². The first-order chi connectivity index (χ1) is 8.08. The predicted octanol–water partition coefficient (Wildman–Crippen LogP) is 0.718. The van der Waals surface area contributed by atoms with Gasteiger partial charge in [-0.25, -0.2) is 4.72 Å². The normalized spacial score (nSPS) is 24.8. The Morgan fingerprint density at radius 1 is 1.29 bits per heavy atom. The molecule has 7 heteroatoms. The van der Waals surface area contributed by atoms with Crippen molar-refractivity contribution < 1.29 is 13.2 Å². The number of ether oxygens (including phenoxy) is 1. The van der Waals surface area contributed by atoms with Crippen LogP contribution in [0, 0.1) is 5.41 Å². The van der Waals surface area contributed by atoms with Gasteiger partial charge in [-0.2, -0.15) is 12.7 Å². The largest absolute Gasteiger partial charge is 0.379 e. The Kier molecular flexibility index (Phi) is 4.46. The van der Waals surface area contributed by atoms with Crippen LogP contribution in [0.15, 0.2) is 0 Å². The monoisotopic (exact) mass is 326 g/mol. The SMILES string of the molecule is O=S(=O)(NCC1(CCBr)CC1)N1CCOCC1. The van der Waals surface area contributed by atoms with E-state index in [9.17, 15) is 8.42 Å². The lowest BCUT2D eigenvalue weighted by molar-refractivity contribution is 0.0724. The first-order valence-electron chi connectivity index (χ1n) is 5.96. The molecule has 1 aliphatic carbocycles. The van der Waals surface area contributed by atoms with Gasteiger partial charge in [0.1, 0.15) is 0 Å². The molecule has 0 bridgehead atoms. The van der Waals surface area contributed by atoms with Gasteiger partial charge < -0.3 is 4.74 Å². The van der Waals surface area contributed by atoms with Crippen molar-refractivity contribution in [3.8, 4) is 0 Å². The molecule has 0 atom stereocenters. The highest BCUT2D eigenvalue weighted by molar-refractivity contribution is 9.09. The van der Waals surface area contributed by atoms with E-state index < -0.39 is 10.2 Å². The minimum atomic E-state index is -3.31. The molecule has 100 valence electrons. The number of halogens is 1. The number of nitrogens with one attached hydrogen (secondary N) is 1. The van der Waals surface area contributed by atoms with Crippen LogP contribution in [0.4, 0.5) is 0 Å². The summed E-state index contributed by atoms with van der Waals surface area (Å²) in [6.07, 6.45) is 3.30. The van der Waals surface area contributed by atoms with Crippen LogP contribution in [0.3, 0.4) is 0 Å². The van der Waals surface area contributed by atoms with E-state index in [0.717, 1.165) is 24.6 Å². The maximum atomic E-state index is 12.0. The molecule has 0 amide bonds. The summed E-state index contributed by atoms with van der Waals surface area (Å²) in [6.45, 7) is 2.47. The molecule has 0 radical (unpaired) electrons. The fourth-order valence-corrected chi connectivity index (χ4v) is 4.16. The van der Waals surface area contributed by atoms with Crippen LogP contribution in [0.5, 0.6) is 0 Å². The first-order valence-corrected chi connectivity index (χ1v) is 8.53. The predicted molar refractivity (Wildman–Crippen MR) is 69.4 cm³/mol. The molecule has 2 aliphatic rings. The van der Waals surface area contributed by atoms with Crippen LogP contribution in [-0.4, -0.2) is 50.9 Å². The molecule has 2 rings (SSSR count). The Morgan fingerprint density at radius 2 is 1.94 bits per heavy atom. The van der Waals surface area contributed by atoms with Gasteiger partial charge in [-0.3, -0.25) is 0 Å². The maximum Gasteiger partial charge on any atom is 0.279 e. The molecule has 0 aromatic rings. The van der Waals surface area contributed by atoms with E-state index in [1.807, 2.05) is 0 Å². The Balaban J connectivity index is 1.84. The van der Waals surface area contributed by atoms with E-state index in [0.29, 0.717) is 32.8 Å². The smallest absolute Gasteiger partial charge is 0.279 e. The van der Waals surface area contributed by atoms with Crippen molar-refractivity contribution in [1.82, 2.24) is 9.03 Å². The first kappa shape index (κ1) is 13.7. The molecular weight excluding hydrogens is 308 g/mol. The number of hydrogen-bond acceptors (Lipinski definition) is 3. The molecule has 1 saturated heterocycles. The molecule has 1 N–H and O–H groups in total. The third-order valence-corrected chi connectivity index (χ3v) is 5.47. The quantitative estimate of drug-likeness (QED) is 0.732. The van der Waals surface area contributed by atoms with Crippen LogP contribution in [0.2, 0.25) is 0 Å². The minimum absolute atomic E-state index is 0.211. The van der Waals surface area contributed by atoms with Crippen molar-refractivity contribution in [2.75, 3.05) is 38.2 Å². The van der Waals surface area contributed by atoms with Crippen molar-refractivity contribution in [3.05, 3.63) is 0 Å². The second-order valence-corrected chi connectivity index (χ2v) is 7.32. The van der Waals surface area contributed by atoms with Crippen molar-refractivity contribution >= 4 is 26.1 Å². The van der Waals surface area contributed by atoms with E-state index in [1.165, 1.54) is 4.31 Å². The van der Waals surface area contributed by atoms with Crippen molar-refractivity contribution in [2.24, 2.45) is 5.41 Å². The van der Waals surface area contributed by atoms with Gasteiger partial charge in [0.2, 0.25) is 0 Å². The van der Waals surface area contributed by atoms with Gasteiger partial charge in [0.15, 0.2) is 0 Å². The zero-order valence-corrected chi connectivity index (χ0v) is 12.2. The zero-order chi connectivity index (χ0) is 12.4. The van der Waals surface area contributed by atoms with Gasteiger partial charge in [-0.15, -0.1) is 0 Å². The zero-order valence-electron chi connectivity index (χ0n) is 9.82. The molecule has 0 aromatic heterocycles. The number of alkyl halides is 1. The lowest BCUT2D eigenvalue weighted by Gasteiger charge is -2.27. The van der Waals surface area contributed by atoms with Gasteiger partial charge in [-0.05, 0) is 24.7 Å². The highest BCUT2D eigenvalue weighted by Crippen LogP contribution is 2.48. The fourth-order valence-electron chi connectivity index (χ4n) is 2.01. The topological polar surface area (TPSA) is 58.6 Å². The highest BCUT2D eigenvalue weighted by atomic mass is 79.9. The van der Waals surface area contributed by atoms with Gasteiger partial charge in [0, 0.05) is 25.0 Å². The van der Waals surface area contributed by atoms with Crippen LogP contribution in [-0.2, 0) is 14.9 Å². The summed E-state index contributed by atoms with van der Waals surface area (Å²) in [6, 6.07) is 0. The molecule has 1 heterocycles. The Labute approximate surface area is 111 Å². The third-order valence-electron chi connectivity index (χ3n) is 3.52. The van der Waals surface area contributed by atoms with Gasteiger partial charge in [0.05, 0.1) is 13.2 Å². The van der Waals surface area contributed by atoms with Crippen LogP contribution in [0.25, 0.3) is 0 Å². The average molecular weight is 327 g/mol. The summed E-state index contributed by atoms with van der Waals surface area (Å²) in [5.41, 5.74) is 0.211. The second kappa shape index (κ2) is 5.52. The number of rotatable bonds is 6. The van der Waals surface area contributed by atoms with E-state index in [4.69, 9.17) is 4.74 Å². The highest BCUT2D eigenvalue weighted by Gasteiger charge is 2.42. The summed E-state index contributed by atoms with van der Waals surface area (Å²) >= 11 is 3.42. The fraction of sp³-hybridized carbons (Fsp3) is 1.00. The van der Waals surface area contributed by atoms with Crippen LogP contribution >= 0.6 is 15.9 Å². The van der Waals surface area contributed by atoms with Gasteiger partial charge in [-0.1, -0.05) is 15.9 Å². The molecule has 17 heavy (non-hydrogen) atoms. The lowest BCUT2D eigenvalue weighted by Crippen LogP contribution is -2.47. The van der Waals surface area contributed by atoms with Crippen molar-refractivity contribution in [1.29, 1.82) is 0 Å². The molecule has 2 fully saturated rings. The molecule has 0 spiro atoms. The Morgan fingerprint density at radius 3 is 2.47 bits per heavy atom. The Bertz CT molecular complexity index is 351. The summed E-state index contributed by atoms with van der Waals surface area (Å²) < 4.78 is 33.4. The number of morpholine rings is 1. The van der Waals surface area contributed by atoms with E-state index >= 15 is 0 Å². The summed E-state index contributed by atoms with van der Waals surface area (Å²) in [5, 5.41) is 0.937. The van der Waals surface area contributed by atoms with Crippen molar-refractivity contribution in [2.45, 2.75) is 19.3 Å². The minimum Gasteiger partial charge on any atom is -0.379 e. The summed E-state index contributed by atoms with van der Waals surface area (Å²) in [7, 11) is -3.31. The molecule has 5 nitrogen and oxygen atoms in total. The maximum absolute atomic E-state index is 12.0. The van der Waals surface area contributed by atoms with Gasteiger partial charge in [0.25, 0.3) is 10.2 Å². The summed E-state index contributed by atoms with van der Waals surface area (Å²) in [4.78, 5) is 0. The van der Waals surface area contributed by atoms with E-state index in [2.05, 4.69) is 20.7 Å².